The number of rotatable bonds is 9. The molecule has 28 heavy (non-hydrogen) atoms. The second-order valence-electron chi connectivity index (χ2n) is 6.96. The highest BCUT2D eigenvalue weighted by molar-refractivity contribution is 7.99. The van der Waals surface area contributed by atoms with Crippen LogP contribution in [0, 0.1) is 13.8 Å². The van der Waals surface area contributed by atoms with Crippen LogP contribution in [-0.4, -0.2) is 35.6 Å². The van der Waals surface area contributed by atoms with Gasteiger partial charge in [0.1, 0.15) is 6.04 Å². The van der Waals surface area contributed by atoms with E-state index in [1.165, 1.54) is 11.1 Å². The standard InChI is InChI=1S/C23H30N2O2S/c1-5-21(23(27)24-4)25(14-20-9-7-6-8-18(20)3)22(26)16-28-15-19-12-10-17(2)11-13-19/h6-13,21H,5,14-16H2,1-4H3,(H,24,27)/t21-/m0/s1. The highest BCUT2D eigenvalue weighted by Crippen LogP contribution is 2.19. The van der Waals surface area contributed by atoms with Crippen molar-refractivity contribution >= 4 is 23.6 Å². The summed E-state index contributed by atoms with van der Waals surface area (Å²) in [7, 11) is 1.62. The highest BCUT2D eigenvalue weighted by atomic mass is 32.2. The molecule has 0 heterocycles. The van der Waals surface area contributed by atoms with Gasteiger partial charge in [-0.05, 0) is 37.0 Å². The molecule has 1 atom stereocenters. The first-order valence-electron chi connectivity index (χ1n) is 9.65. The van der Waals surface area contributed by atoms with Gasteiger partial charge in [0.2, 0.25) is 11.8 Å². The van der Waals surface area contributed by atoms with Crippen LogP contribution in [0.4, 0.5) is 0 Å². The van der Waals surface area contributed by atoms with Gasteiger partial charge in [0.05, 0.1) is 5.75 Å². The van der Waals surface area contributed by atoms with E-state index in [1.807, 2.05) is 38.1 Å². The second kappa shape index (κ2) is 10.9. The van der Waals surface area contributed by atoms with Gasteiger partial charge in [-0.15, -0.1) is 11.8 Å². The second-order valence-corrected chi connectivity index (χ2v) is 7.95. The fourth-order valence-corrected chi connectivity index (χ4v) is 3.95. The number of aryl methyl sites for hydroxylation is 2. The third-order valence-electron chi connectivity index (χ3n) is 4.85. The number of thioether (sulfide) groups is 1. The SMILES string of the molecule is CC[C@@H](C(=O)NC)N(Cc1ccccc1C)C(=O)CSCc1ccc(C)cc1. The van der Waals surface area contributed by atoms with Gasteiger partial charge >= 0.3 is 0 Å². The molecule has 150 valence electrons. The molecule has 0 fully saturated rings. The molecule has 0 radical (unpaired) electrons. The monoisotopic (exact) mass is 398 g/mol. The van der Waals surface area contributed by atoms with Crippen LogP contribution >= 0.6 is 11.8 Å². The van der Waals surface area contributed by atoms with Crippen LogP contribution in [0.1, 0.15) is 35.6 Å². The normalized spacial score (nSPS) is 11.7. The summed E-state index contributed by atoms with van der Waals surface area (Å²) in [5.74, 6) is 1.01. The molecular weight excluding hydrogens is 368 g/mol. The first-order chi connectivity index (χ1) is 13.5. The molecule has 0 aliphatic rings. The number of carbonyl (C=O) groups is 2. The molecule has 0 aliphatic carbocycles. The zero-order valence-corrected chi connectivity index (χ0v) is 18.0. The Bertz CT molecular complexity index is 789. The molecule has 5 heteroatoms. The molecule has 0 spiro atoms. The number of amides is 2. The zero-order chi connectivity index (χ0) is 20.5. The smallest absolute Gasteiger partial charge is 0.242 e. The van der Waals surface area contributed by atoms with Crippen molar-refractivity contribution in [2.45, 2.75) is 45.5 Å². The zero-order valence-electron chi connectivity index (χ0n) is 17.2. The van der Waals surface area contributed by atoms with E-state index >= 15 is 0 Å². The Morgan fingerprint density at radius 2 is 1.75 bits per heavy atom. The maximum Gasteiger partial charge on any atom is 0.242 e. The summed E-state index contributed by atoms with van der Waals surface area (Å²) in [5, 5.41) is 2.70. The van der Waals surface area contributed by atoms with Crippen molar-refractivity contribution < 1.29 is 9.59 Å². The van der Waals surface area contributed by atoms with Gasteiger partial charge in [0, 0.05) is 19.3 Å². The molecule has 2 aromatic rings. The van der Waals surface area contributed by atoms with Crippen molar-refractivity contribution in [1.29, 1.82) is 0 Å². The van der Waals surface area contributed by atoms with Gasteiger partial charge < -0.3 is 10.2 Å². The van der Waals surface area contributed by atoms with Gasteiger partial charge in [0.15, 0.2) is 0 Å². The Kier molecular flexibility index (Phi) is 8.58. The maximum absolute atomic E-state index is 13.0. The third-order valence-corrected chi connectivity index (χ3v) is 5.84. The average Bonchev–Trinajstić information content (AvgIpc) is 2.70. The molecule has 2 amide bonds. The summed E-state index contributed by atoms with van der Waals surface area (Å²) in [6.07, 6.45) is 0.583. The molecule has 2 aromatic carbocycles. The van der Waals surface area contributed by atoms with Crippen LogP contribution in [0.15, 0.2) is 48.5 Å². The number of likely N-dealkylation sites (N-methyl/N-ethyl adjacent to an activating group) is 1. The molecule has 4 nitrogen and oxygen atoms in total. The molecule has 0 saturated carbocycles. The Morgan fingerprint density at radius 3 is 2.36 bits per heavy atom. The van der Waals surface area contributed by atoms with Crippen molar-refractivity contribution in [1.82, 2.24) is 10.2 Å². The molecular formula is C23H30N2O2S. The molecule has 0 aromatic heterocycles. The molecule has 0 bridgehead atoms. The number of benzene rings is 2. The Balaban J connectivity index is 2.10. The highest BCUT2D eigenvalue weighted by Gasteiger charge is 2.28. The number of hydrogen-bond acceptors (Lipinski definition) is 3. The largest absolute Gasteiger partial charge is 0.357 e. The molecule has 0 aliphatic heterocycles. The van der Waals surface area contributed by atoms with Gasteiger partial charge in [0.25, 0.3) is 0 Å². The van der Waals surface area contributed by atoms with Crippen LogP contribution in [0.25, 0.3) is 0 Å². The van der Waals surface area contributed by atoms with Crippen molar-refractivity contribution in [3.05, 3.63) is 70.8 Å². The van der Waals surface area contributed by atoms with Crippen LogP contribution < -0.4 is 5.32 Å². The van der Waals surface area contributed by atoms with E-state index in [4.69, 9.17) is 0 Å². The molecule has 1 N–H and O–H groups in total. The minimum Gasteiger partial charge on any atom is -0.357 e. The average molecular weight is 399 g/mol. The van der Waals surface area contributed by atoms with E-state index in [0.717, 1.165) is 16.9 Å². The van der Waals surface area contributed by atoms with E-state index in [-0.39, 0.29) is 11.8 Å². The predicted octanol–water partition coefficient (Wildman–Crippen LogP) is 4.09. The predicted molar refractivity (Wildman–Crippen MR) is 117 cm³/mol. The summed E-state index contributed by atoms with van der Waals surface area (Å²) in [5.41, 5.74) is 4.62. The van der Waals surface area contributed by atoms with Crippen molar-refractivity contribution in [2.24, 2.45) is 0 Å². The van der Waals surface area contributed by atoms with Crippen LogP contribution in [0.3, 0.4) is 0 Å². The summed E-state index contributed by atoms with van der Waals surface area (Å²) in [6.45, 7) is 6.48. The summed E-state index contributed by atoms with van der Waals surface area (Å²) in [6, 6.07) is 15.9. The van der Waals surface area contributed by atoms with E-state index in [0.29, 0.717) is 18.7 Å². The Hall–Kier alpha value is -2.27. The number of carbonyl (C=O) groups excluding carboxylic acids is 2. The Labute approximate surface area is 172 Å². The lowest BCUT2D eigenvalue weighted by atomic mass is 10.1. The summed E-state index contributed by atoms with van der Waals surface area (Å²) < 4.78 is 0. The van der Waals surface area contributed by atoms with Crippen LogP contribution in [0.5, 0.6) is 0 Å². The number of hydrogen-bond donors (Lipinski definition) is 1. The lowest BCUT2D eigenvalue weighted by Crippen LogP contribution is -2.48. The minimum absolute atomic E-state index is 0.00388. The number of nitrogens with zero attached hydrogens (tertiary/aromatic N) is 1. The molecule has 2 rings (SSSR count). The van der Waals surface area contributed by atoms with E-state index in [2.05, 4.69) is 36.5 Å². The van der Waals surface area contributed by atoms with Crippen molar-refractivity contribution in [3.63, 3.8) is 0 Å². The third kappa shape index (κ3) is 6.13. The molecule has 0 saturated heterocycles. The quantitative estimate of drug-likeness (QED) is 0.692. The lowest BCUT2D eigenvalue weighted by molar-refractivity contribution is -0.139. The summed E-state index contributed by atoms with van der Waals surface area (Å²) >= 11 is 1.59. The lowest BCUT2D eigenvalue weighted by Gasteiger charge is -2.30. The van der Waals surface area contributed by atoms with Crippen LogP contribution in [-0.2, 0) is 21.9 Å². The topological polar surface area (TPSA) is 49.4 Å². The van der Waals surface area contributed by atoms with Gasteiger partial charge in [-0.3, -0.25) is 9.59 Å². The van der Waals surface area contributed by atoms with E-state index in [1.54, 1.807) is 23.7 Å². The molecule has 0 unspecified atom stereocenters. The van der Waals surface area contributed by atoms with Crippen molar-refractivity contribution in [2.75, 3.05) is 12.8 Å². The number of nitrogens with one attached hydrogen (secondary N) is 1. The van der Waals surface area contributed by atoms with Crippen LogP contribution in [0.2, 0.25) is 0 Å². The summed E-state index contributed by atoms with van der Waals surface area (Å²) in [4.78, 5) is 27.2. The fourth-order valence-electron chi connectivity index (χ4n) is 3.08. The maximum atomic E-state index is 13.0. The van der Waals surface area contributed by atoms with Gasteiger partial charge in [-0.25, -0.2) is 0 Å². The van der Waals surface area contributed by atoms with E-state index in [9.17, 15) is 9.59 Å². The van der Waals surface area contributed by atoms with Gasteiger partial charge in [-0.1, -0.05) is 61.0 Å². The fraction of sp³-hybridized carbons (Fsp3) is 0.391. The first kappa shape index (κ1) is 22.0. The Morgan fingerprint density at radius 1 is 1.07 bits per heavy atom. The first-order valence-corrected chi connectivity index (χ1v) is 10.8. The van der Waals surface area contributed by atoms with E-state index < -0.39 is 6.04 Å². The van der Waals surface area contributed by atoms with Gasteiger partial charge in [-0.2, -0.15) is 0 Å². The minimum atomic E-state index is -0.461. The van der Waals surface area contributed by atoms with Crippen molar-refractivity contribution in [3.8, 4) is 0 Å².